The van der Waals surface area contributed by atoms with Crippen molar-refractivity contribution in [3.8, 4) is 11.5 Å². The molecule has 2 unspecified atom stereocenters. The number of Topliss-reactive ketones (excluding diaryl/α,β-unsaturated/α-hetero) is 1. The van der Waals surface area contributed by atoms with Gasteiger partial charge in [0.15, 0.2) is 0 Å². The minimum Gasteiger partial charge on any atom is -0.494 e. The Kier molecular flexibility index (Phi) is 19.1. The van der Waals surface area contributed by atoms with Gasteiger partial charge in [0, 0.05) is 23.5 Å². The van der Waals surface area contributed by atoms with Crippen molar-refractivity contribution in [3.05, 3.63) is 108 Å². The van der Waals surface area contributed by atoms with Crippen molar-refractivity contribution in [2.45, 2.75) is 131 Å². The fourth-order valence-electron chi connectivity index (χ4n) is 6.65. The molecule has 1 amide bonds. The summed E-state index contributed by atoms with van der Waals surface area (Å²) < 4.78 is 17.4. The van der Waals surface area contributed by atoms with E-state index in [-0.39, 0.29) is 17.8 Å². The fourth-order valence-corrected chi connectivity index (χ4v) is 6.65. The van der Waals surface area contributed by atoms with Gasteiger partial charge in [-0.2, -0.15) is 0 Å². The summed E-state index contributed by atoms with van der Waals surface area (Å²) in [4.78, 5) is 27.0. The zero-order valence-corrected chi connectivity index (χ0v) is 32.8. The first kappa shape index (κ1) is 42.4. The van der Waals surface area contributed by atoms with E-state index >= 15 is 0 Å². The molecule has 0 spiro atoms. The Hall–Kier alpha value is -4.06. The second-order valence-corrected chi connectivity index (χ2v) is 15.0. The van der Waals surface area contributed by atoms with Gasteiger partial charge in [0.2, 0.25) is 0 Å². The summed E-state index contributed by atoms with van der Waals surface area (Å²) in [7, 11) is 0. The zero-order chi connectivity index (χ0) is 37.6. The van der Waals surface area contributed by atoms with E-state index in [9.17, 15) is 9.59 Å². The molecule has 0 heterocycles. The Morgan fingerprint density at radius 3 is 1.79 bits per heavy atom. The van der Waals surface area contributed by atoms with Crippen molar-refractivity contribution in [3.63, 3.8) is 0 Å². The maximum atomic E-state index is 14.2. The number of ketones is 1. The van der Waals surface area contributed by atoms with Crippen LogP contribution in [-0.4, -0.2) is 24.1 Å². The summed E-state index contributed by atoms with van der Waals surface area (Å²) in [6.07, 6.45) is 13.9. The van der Waals surface area contributed by atoms with E-state index in [2.05, 4.69) is 50.4 Å². The van der Waals surface area contributed by atoms with Crippen LogP contribution in [0.4, 0.5) is 4.79 Å². The molecule has 0 saturated heterocycles. The smallest absolute Gasteiger partial charge is 0.411 e. The normalized spacial score (nSPS) is 13.5. The number of allylic oxidation sites excluding steroid dienone is 2. The number of amides is 1. The third-order valence-corrected chi connectivity index (χ3v) is 9.42. The molecule has 0 fully saturated rings. The maximum Gasteiger partial charge on any atom is 0.411 e. The van der Waals surface area contributed by atoms with Crippen LogP contribution < -0.4 is 14.8 Å². The number of ether oxygens (including phenoxy) is 3. The monoisotopic (exact) mass is 711 g/mol. The van der Waals surface area contributed by atoms with Crippen LogP contribution in [-0.2, 0) is 22.6 Å². The summed E-state index contributed by atoms with van der Waals surface area (Å²) in [5, 5.41) is 3.03. The number of unbranched alkanes of at least 4 members (excludes halogenated alkanes) is 7. The molecule has 3 aromatic carbocycles. The van der Waals surface area contributed by atoms with E-state index in [4.69, 9.17) is 14.2 Å². The highest BCUT2D eigenvalue weighted by Gasteiger charge is 2.33. The van der Waals surface area contributed by atoms with Crippen molar-refractivity contribution in [2.24, 2.45) is 17.8 Å². The average molecular weight is 712 g/mol. The lowest BCUT2D eigenvalue weighted by Crippen LogP contribution is -2.38. The minimum atomic E-state index is -0.597. The molecule has 0 radical (unpaired) electrons. The lowest BCUT2D eigenvalue weighted by molar-refractivity contribution is -0.128. The lowest BCUT2D eigenvalue weighted by Gasteiger charge is -2.31. The quantitative estimate of drug-likeness (QED) is 0.0936. The van der Waals surface area contributed by atoms with Gasteiger partial charge >= 0.3 is 6.09 Å². The molecule has 0 aliphatic carbocycles. The molecule has 3 rings (SSSR count). The Labute approximate surface area is 314 Å². The van der Waals surface area contributed by atoms with Gasteiger partial charge in [-0.3, -0.25) is 10.1 Å². The standard InChI is InChI=1S/C46H65NO5/c1-7-23-43(47-45(49)52-46(4,5)6)41(8-2)42(34-37-25-18-15-19-26-37)44(48)36(3)24-17-13-11-9-10-12-14-22-33-50-39-29-31-40(32-30-39)51-35-38-27-20-16-21-28-38/h15-16,18-21,23,25-32,36,41-42H,7-14,17,22,24,33-35H2,1-6H3,(H,47,49)/b43-23+/t36?,41?,42-/m1/s1. The van der Waals surface area contributed by atoms with Gasteiger partial charge in [0.1, 0.15) is 29.5 Å². The first-order valence-corrected chi connectivity index (χ1v) is 19.8. The van der Waals surface area contributed by atoms with Crippen LogP contribution >= 0.6 is 0 Å². The van der Waals surface area contributed by atoms with E-state index < -0.39 is 11.7 Å². The van der Waals surface area contributed by atoms with Gasteiger partial charge in [-0.1, -0.05) is 132 Å². The third-order valence-electron chi connectivity index (χ3n) is 9.42. The highest BCUT2D eigenvalue weighted by molar-refractivity contribution is 5.84. The SMILES string of the molecule is CC/C=C(/NC(=O)OC(C)(C)C)C(CC)[C@@H](Cc1ccccc1)C(=O)C(C)CCCCCCCCCCOc1ccc(OCc2ccccc2)cc1. The van der Waals surface area contributed by atoms with E-state index in [1.807, 2.05) is 87.5 Å². The molecule has 6 nitrogen and oxygen atoms in total. The molecular weight excluding hydrogens is 647 g/mol. The largest absolute Gasteiger partial charge is 0.494 e. The molecule has 6 heteroatoms. The van der Waals surface area contributed by atoms with Gasteiger partial charge in [0.05, 0.1) is 6.61 Å². The number of hydrogen-bond acceptors (Lipinski definition) is 5. The summed E-state index contributed by atoms with van der Waals surface area (Å²) in [5.41, 5.74) is 2.50. The number of nitrogens with one attached hydrogen (secondary N) is 1. The predicted octanol–water partition coefficient (Wildman–Crippen LogP) is 12.1. The molecule has 1 N–H and O–H groups in total. The Morgan fingerprint density at radius 2 is 1.23 bits per heavy atom. The third kappa shape index (κ3) is 16.5. The number of carbonyl (C=O) groups is 2. The summed E-state index contributed by atoms with van der Waals surface area (Å²) in [6, 6.07) is 28.3. The van der Waals surface area contributed by atoms with Crippen LogP contribution in [0.15, 0.2) is 96.7 Å². The first-order chi connectivity index (χ1) is 25.1. The summed E-state index contributed by atoms with van der Waals surface area (Å²) in [5.74, 6) is 1.66. The van der Waals surface area contributed by atoms with Crippen molar-refractivity contribution >= 4 is 11.9 Å². The highest BCUT2D eigenvalue weighted by atomic mass is 16.6. The maximum absolute atomic E-state index is 14.2. The van der Waals surface area contributed by atoms with Crippen molar-refractivity contribution in [1.82, 2.24) is 5.32 Å². The van der Waals surface area contributed by atoms with Crippen LogP contribution in [0.2, 0.25) is 0 Å². The molecule has 0 aromatic heterocycles. The molecule has 52 heavy (non-hydrogen) atoms. The molecule has 0 bridgehead atoms. The van der Waals surface area contributed by atoms with Crippen LogP contribution in [0.3, 0.4) is 0 Å². The van der Waals surface area contributed by atoms with Crippen molar-refractivity contribution in [2.75, 3.05) is 6.61 Å². The number of hydrogen-bond donors (Lipinski definition) is 1. The van der Waals surface area contributed by atoms with Gasteiger partial charge in [-0.05, 0) is 88.3 Å². The van der Waals surface area contributed by atoms with Gasteiger partial charge in [-0.15, -0.1) is 0 Å². The second kappa shape index (κ2) is 23.5. The summed E-state index contributed by atoms with van der Waals surface area (Å²) in [6.45, 7) is 13.1. The molecule has 0 saturated carbocycles. The van der Waals surface area contributed by atoms with Crippen molar-refractivity contribution in [1.29, 1.82) is 0 Å². The Morgan fingerprint density at radius 1 is 0.692 bits per heavy atom. The topological polar surface area (TPSA) is 73.9 Å². The molecule has 0 aliphatic rings. The van der Waals surface area contributed by atoms with Gasteiger partial charge in [-0.25, -0.2) is 4.79 Å². The van der Waals surface area contributed by atoms with Gasteiger partial charge < -0.3 is 14.2 Å². The molecule has 3 atom stereocenters. The number of carbonyl (C=O) groups excluding carboxylic acids is 2. The molecule has 284 valence electrons. The van der Waals surface area contributed by atoms with E-state index in [1.54, 1.807) is 0 Å². The Balaban J connectivity index is 1.36. The first-order valence-electron chi connectivity index (χ1n) is 19.8. The van der Waals surface area contributed by atoms with Gasteiger partial charge in [0.25, 0.3) is 0 Å². The minimum absolute atomic E-state index is 0.0369. The van der Waals surface area contributed by atoms with Crippen LogP contribution in [0.5, 0.6) is 11.5 Å². The second-order valence-electron chi connectivity index (χ2n) is 15.0. The molecule has 3 aromatic rings. The van der Waals surface area contributed by atoms with Crippen LogP contribution in [0.25, 0.3) is 0 Å². The number of alkyl carbamates (subject to hydrolysis) is 1. The van der Waals surface area contributed by atoms with E-state index in [0.717, 1.165) is 73.5 Å². The van der Waals surface area contributed by atoms with Crippen LogP contribution in [0.1, 0.15) is 123 Å². The number of rotatable bonds is 24. The van der Waals surface area contributed by atoms with Crippen molar-refractivity contribution < 1.29 is 23.8 Å². The lowest BCUT2D eigenvalue weighted by atomic mass is 9.75. The molecule has 0 aliphatic heterocycles. The molecular formula is C46H65NO5. The highest BCUT2D eigenvalue weighted by Crippen LogP contribution is 2.31. The predicted molar refractivity (Wildman–Crippen MR) is 214 cm³/mol. The van der Waals surface area contributed by atoms with Crippen LogP contribution in [0, 0.1) is 17.8 Å². The van der Waals surface area contributed by atoms with E-state index in [0.29, 0.717) is 18.8 Å². The number of benzene rings is 3. The zero-order valence-electron chi connectivity index (χ0n) is 32.8. The fraction of sp³-hybridized carbons (Fsp3) is 0.522. The summed E-state index contributed by atoms with van der Waals surface area (Å²) >= 11 is 0. The van der Waals surface area contributed by atoms with E-state index in [1.165, 1.54) is 32.1 Å². The Bertz CT molecular complexity index is 1450. The average Bonchev–Trinajstić information content (AvgIpc) is 3.13.